The Bertz CT molecular complexity index is 364. The number of sulfone groups is 1. The lowest BCUT2D eigenvalue weighted by atomic mass is 10.1. The molecule has 7 heteroatoms. The third kappa shape index (κ3) is 5.79. The maximum Gasteiger partial charge on any atom is 0.218 e. The molecule has 1 aliphatic rings. The number of nitrogens with zero attached hydrogens (tertiary/aromatic N) is 1. The quantitative estimate of drug-likeness (QED) is 0.620. The van der Waals surface area contributed by atoms with Gasteiger partial charge in [-0.05, 0) is 26.4 Å². The van der Waals surface area contributed by atoms with Gasteiger partial charge in [0.1, 0.15) is 0 Å². The molecule has 6 nitrogen and oxygen atoms in total. The van der Waals surface area contributed by atoms with E-state index in [0.717, 1.165) is 25.9 Å². The van der Waals surface area contributed by atoms with Gasteiger partial charge in [-0.3, -0.25) is 4.79 Å². The van der Waals surface area contributed by atoms with Gasteiger partial charge >= 0.3 is 0 Å². The highest BCUT2D eigenvalue weighted by atomic mass is 32.2. The summed E-state index contributed by atoms with van der Waals surface area (Å²) in [7, 11) is -1.23. The third-order valence-corrected chi connectivity index (χ3v) is 4.94. The molecule has 18 heavy (non-hydrogen) atoms. The van der Waals surface area contributed by atoms with E-state index in [9.17, 15) is 13.2 Å². The molecule has 1 heterocycles. The molecule has 1 saturated heterocycles. The fraction of sp³-hybridized carbons (Fsp3) is 0.909. The van der Waals surface area contributed by atoms with Crippen molar-refractivity contribution in [3.05, 3.63) is 0 Å². The minimum Gasteiger partial charge on any atom is -0.370 e. The number of nitrogens with one attached hydrogen (secondary N) is 1. The minimum absolute atomic E-state index is 0.0863. The second-order valence-electron chi connectivity index (χ2n) is 4.85. The molecule has 1 aliphatic heterocycles. The largest absolute Gasteiger partial charge is 0.370 e. The summed E-state index contributed by atoms with van der Waals surface area (Å²) in [5.41, 5.74) is 4.95. The smallest absolute Gasteiger partial charge is 0.218 e. The minimum atomic E-state index is -3.17. The Morgan fingerprint density at radius 1 is 1.44 bits per heavy atom. The molecule has 0 aromatic carbocycles. The fourth-order valence-corrected chi connectivity index (χ4v) is 3.32. The molecule has 0 radical (unpaired) electrons. The van der Waals surface area contributed by atoms with Crippen LogP contribution >= 0.6 is 0 Å². The Balaban J connectivity index is 2.31. The average Bonchev–Trinajstić information content (AvgIpc) is 2.35. The van der Waals surface area contributed by atoms with Crippen LogP contribution in [0.1, 0.15) is 19.3 Å². The van der Waals surface area contributed by atoms with Crippen molar-refractivity contribution in [3.63, 3.8) is 0 Å². The Morgan fingerprint density at radius 3 is 2.72 bits per heavy atom. The predicted octanol–water partition coefficient (Wildman–Crippen LogP) is -1.04. The number of amides is 1. The molecule has 1 atom stereocenters. The lowest BCUT2D eigenvalue weighted by Crippen LogP contribution is -2.45. The van der Waals surface area contributed by atoms with Crippen molar-refractivity contribution in [2.75, 3.05) is 38.2 Å². The predicted molar refractivity (Wildman–Crippen MR) is 71.0 cm³/mol. The zero-order valence-corrected chi connectivity index (χ0v) is 11.7. The third-order valence-electron chi connectivity index (χ3n) is 3.31. The first kappa shape index (κ1) is 15.4. The summed E-state index contributed by atoms with van der Waals surface area (Å²) in [5, 5.41) is 3.30. The topological polar surface area (TPSA) is 92.5 Å². The highest BCUT2D eigenvalue weighted by molar-refractivity contribution is 7.91. The van der Waals surface area contributed by atoms with Gasteiger partial charge < -0.3 is 16.0 Å². The van der Waals surface area contributed by atoms with Crippen molar-refractivity contribution in [2.24, 2.45) is 5.73 Å². The second kappa shape index (κ2) is 7.06. The molecule has 1 amide bonds. The molecule has 0 saturated carbocycles. The van der Waals surface area contributed by atoms with Crippen LogP contribution in [-0.4, -0.2) is 63.5 Å². The fourth-order valence-electron chi connectivity index (χ4n) is 2.03. The van der Waals surface area contributed by atoms with Crippen LogP contribution in [0.4, 0.5) is 0 Å². The van der Waals surface area contributed by atoms with E-state index in [1.165, 1.54) is 0 Å². The summed E-state index contributed by atoms with van der Waals surface area (Å²) in [6.45, 7) is 2.46. The van der Waals surface area contributed by atoms with E-state index in [1.807, 2.05) is 7.05 Å². The number of piperidine rings is 1. The molecule has 0 spiro atoms. The first-order valence-electron chi connectivity index (χ1n) is 6.30. The zero-order valence-electron chi connectivity index (χ0n) is 10.9. The van der Waals surface area contributed by atoms with Crippen LogP contribution in [0.5, 0.6) is 0 Å². The Labute approximate surface area is 109 Å². The van der Waals surface area contributed by atoms with E-state index in [1.54, 1.807) is 0 Å². The summed E-state index contributed by atoms with van der Waals surface area (Å²) in [4.78, 5) is 12.6. The molecule has 1 unspecified atom stereocenters. The van der Waals surface area contributed by atoms with Crippen molar-refractivity contribution in [2.45, 2.75) is 25.3 Å². The van der Waals surface area contributed by atoms with Crippen molar-refractivity contribution in [3.8, 4) is 0 Å². The van der Waals surface area contributed by atoms with Crippen LogP contribution in [0.15, 0.2) is 0 Å². The van der Waals surface area contributed by atoms with E-state index in [4.69, 9.17) is 5.73 Å². The van der Waals surface area contributed by atoms with Crippen LogP contribution in [0.3, 0.4) is 0 Å². The number of rotatable bonds is 7. The lowest BCUT2D eigenvalue weighted by molar-refractivity contribution is -0.117. The lowest BCUT2D eigenvalue weighted by Gasteiger charge is -2.31. The molecule has 0 aromatic heterocycles. The second-order valence-corrected chi connectivity index (χ2v) is 7.15. The van der Waals surface area contributed by atoms with Crippen molar-refractivity contribution in [1.29, 1.82) is 0 Å². The van der Waals surface area contributed by atoms with Crippen LogP contribution in [0, 0.1) is 0 Å². The number of hydrogen-bond donors (Lipinski definition) is 2. The van der Waals surface area contributed by atoms with Crippen LogP contribution in [0.2, 0.25) is 0 Å². The van der Waals surface area contributed by atoms with Crippen molar-refractivity contribution < 1.29 is 13.2 Å². The van der Waals surface area contributed by atoms with E-state index in [0.29, 0.717) is 12.6 Å². The highest BCUT2D eigenvalue weighted by Gasteiger charge is 2.20. The van der Waals surface area contributed by atoms with Gasteiger partial charge in [0, 0.05) is 25.6 Å². The first-order chi connectivity index (χ1) is 8.41. The van der Waals surface area contributed by atoms with Crippen LogP contribution in [0.25, 0.3) is 0 Å². The number of nitrogens with two attached hydrogens (primary N) is 1. The van der Waals surface area contributed by atoms with Gasteiger partial charge in [0.2, 0.25) is 5.91 Å². The molecular formula is C11H23N3O3S. The van der Waals surface area contributed by atoms with E-state index in [2.05, 4.69) is 10.2 Å². The highest BCUT2D eigenvalue weighted by Crippen LogP contribution is 2.08. The monoisotopic (exact) mass is 277 g/mol. The molecule has 1 fully saturated rings. The summed E-state index contributed by atoms with van der Waals surface area (Å²) < 4.78 is 23.3. The van der Waals surface area contributed by atoms with Gasteiger partial charge in [-0.1, -0.05) is 0 Å². The van der Waals surface area contributed by atoms with Gasteiger partial charge in [0.25, 0.3) is 0 Å². The number of primary amides is 1. The normalized spacial score (nSPS) is 21.1. The van der Waals surface area contributed by atoms with Crippen molar-refractivity contribution in [1.82, 2.24) is 10.2 Å². The standard InChI is InChI=1S/C11H23N3O3S/c1-14(10-3-2-5-13-9-10)6-8-18(16,17)7-4-11(12)15/h10,13H,2-9H2,1H3,(H2,12,15). The number of hydrogen-bond acceptors (Lipinski definition) is 5. The van der Waals surface area contributed by atoms with Gasteiger partial charge in [0.15, 0.2) is 9.84 Å². The Kier molecular flexibility index (Phi) is 6.04. The first-order valence-corrected chi connectivity index (χ1v) is 8.12. The van der Waals surface area contributed by atoms with Crippen LogP contribution < -0.4 is 11.1 Å². The molecule has 1 rings (SSSR count). The maximum absolute atomic E-state index is 11.7. The van der Waals surface area contributed by atoms with Crippen molar-refractivity contribution >= 4 is 15.7 Å². The molecule has 0 bridgehead atoms. The van der Waals surface area contributed by atoms with E-state index < -0.39 is 15.7 Å². The van der Waals surface area contributed by atoms with E-state index >= 15 is 0 Å². The van der Waals surface area contributed by atoms with E-state index in [-0.39, 0.29) is 17.9 Å². The summed E-state index contributed by atoms with van der Waals surface area (Å²) >= 11 is 0. The number of carbonyl (C=O) groups is 1. The summed E-state index contributed by atoms with van der Waals surface area (Å²) in [6.07, 6.45) is 2.14. The molecular weight excluding hydrogens is 254 g/mol. The molecule has 106 valence electrons. The molecule has 0 aliphatic carbocycles. The number of carbonyl (C=O) groups excluding carboxylic acids is 1. The summed E-state index contributed by atoms with van der Waals surface area (Å²) in [5.74, 6) is -0.616. The molecule has 0 aromatic rings. The van der Waals surface area contributed by atoms with Gasteiger partial charge in [-0.25, -0.2) is 8.42 Å². The average molecular weight is 277 g/mol. The Morgan fingerprint density at radius 2 is 2.17 bits per heavy atom. The van der Waals surface area contributed by atoms with Crippen LogP contribution in [-0.2, 0) is 14.6 Å². The van der Waals surface area contributed by atoms with Gasteiger partial charge in [-0.2, -0.15) is 0 Å². The molecule has 3 N–H and O–H groups in total. The summed E-state index contributed by atoms with van der Waals surface area (Å²) in [6, 6.07) is 0.407. The zero-order chi connectivity index (χ0) is 13.6. The maximum atomic E-state index is 11.7. The Hall–Kier alpha value is -0.660. The SMILES string of the molecule is CN(CCS(=O)(=O)CCC(N)=O)C1CCCNC1. The number of likely N-dealkylation sites (N-methyl/N-ethyl adjacent to an activating group) is 1. The van der Waals surface area contributed by atoms with Gasteiger partial charge in [0.05, 0.1) is 11.5 Å². The van der Waals surface area contributed by atoms with Gasteiger partial charge in [-0.15, -0.1) is 0 Å².